The largest absolute Gasteiger partial charge is 0.333 e. The van der Waals surface area contributed by atoms with Gasteiger partial charge in [-0.2, -0.15) is 0 Å². The van der Waals surface area contributed by atoms with Gasteiger partial charge in [0.05, 0.1) is 21.8 Å². The highest BCUT2D eigenvalue weighted by Crippen LogP contribution is 2.43. The van der Waals surface area contributed by atoms with Crippen molar-refractivity contribution >= 4 is 86.4 Å². The van der Waals surface area contributed by atoms with E-state index >= 15 is 0 Å². The Morgan fingerprint density at radius 2 is 1.39 bits per heavy atom. The Morgan fingerprint density at radius 3 is 2.03 bits per heavy atom. The first-order valence-electron chi connectivity index (χ1n) is 12.0. The van der Waals surface area contributed by atoms with Gasteiger partial charge in [0.2, 0.25) is 11.8 Å². The zero-order chi connectivity index (χ0) is 26.4. The van der Waals surface area contributed by atoms with Crippen LogP contribution in [0, 0.1) is 0 Å². The molecule has 2 aliphatic heterocycles. The van der Waals surface area contributed by atoms with E-state index in [2.05, 4.69) is 30.2 Å². The Bertz CT molecular complexity index is 1560. The number of nitrogens with zero attached hydrogens (tertiary/aromatic N) is 2. The maximum Gasteiger partial charge on any atom is 0.246 e. The van der Waals surface area contributed by atoms with Crippen LogP contribution in [-0.2, 0) is 22.7 Å². The molecule has 6 rings (SSSR count). The van der Waals surface area contributed by atoms with Gasteiger partial charge in [0.1, 0.15) is 0 Å². The van der Waals surface area contributed by atoms with Gasteiger partial charge in [-0.05, 0) is 74.8 Å². The molecule has 4 aromatic rings. The van der Waals surface area contributed by atoms with Gasteiger partial charge in [-0.1, -0.05) is 29.8 Å². The molecule has 0 spiro atoms. The van der Waals surface area contributed by atoms with Gasteiger partial charge in [-0.15, -0.1) is 45.3 Å². The van der Waals surface area contributed by atoms with E-state index in [1.807, 2.05) is 32.7 Å². The minimum Gasteiger partial charge on any atom is -0.333 e. The first kappa shape index (κ1) is 26.0. The number of hydrogen-bond acceptors (Lipinski definition) is 6. The van der Waals surface area contributed by atoms with Crippen LogP contribution in [0.3, 0.4) is 0 Å². The summed E-state index contributed by atoms with van der Waals surface area (Å²) in [6.45, 7) is 5.95. The molecule has 2 aliphatic rings. The van der Waals surface area contributed by atoms with Crippen molar-refractivity contribution in [3.05, 3.63) is 105 Å². The lowest BCUT2D eigenvalue weighted by molar-refractivity contribution is -0.127. The second-order valence-corrected chi connectivity index (χ2v) is 14.4. The van der Waals surface area contributed by atoms with Gasteiger partial charge in [0.15, 0.2) is 0 Å². The fourth-order valence-electron chi connectivity index (χ4n) is 5.23. The maximum absolute atomic E-state index is 13.4. The molecule has 0 aromatic carbocycles. The van der Waals surface area contributed by atoms with Crippen LogP contribution < -0.4 is 0 Å². The van der Waals surface area contributed by atoms with Gasteiger partial charge in [-0.3, -0.25) is 9.59 Å². The van der Waals surface area contributed by atoms with Crippen LogP contribution in [0.25, 0.3) is 6.08 Å². The standard InChI is InChI=1S/C28H22Cl2N2O2S4/c1-2-25(33)31-13-22(19-7-10-37-28(19)30)20-11-16(38-24(20)15-31)3-4-26(34)32-12-21(18-6-9-36-27(18)29)17-5-8-35-23(17)14-32/h2-11,21-22H,1,12-15H2/b4-3+/t21-,22-/m0/s1. The summed E-state index contributed by atoms with van der Waals surface area (Å²) >= 11 is 19.3. The number of amides is 2. The molecule has 4 nitrogen and oxygen atoms in total. The van der Waals surface area contributed by atoms with E-state index in [4.69, 9.17) is 23.2 Å². The number of carbonyl (C=O) groups is 2. The molecule has 6 heterocycles. The molecule has 0 saturated heterocycles. The molecule has 0 bridgehead atoms. The monoisotopic (exact) mass is 616 g/mol. The molecule has 0 saturated carbocycles. The number of rotatable bonds is 5. The lowest BCUT2D eigenvalue weighted by atomic mass is 9.89. The number of carbonyl (C=O) groups excluding carboxylic acids is 2. The summed E-state index contributed by atoms with van der Waals surface area (Å²) in [4.78, 5) is 32.9. The van der Waals surface area contributed by atoms with E-state index in [1.54, 1.807) is 28.7 Å². The molecular formula is C28H22Cl2N2O2S4. The van der Waals surface area contributed by atoms with Crippen molar-refractivity contribution in [3.8, 4) is 0 Å². The van der Waals surface area contributed by atoms with Crippen LogP contribution in [0.4, 0.5) is 0 Å². The Kier molecular flexibility index (Phi) is 7.37. The Balaban J connectivity index is 1.25. The fourth-order valence-corrected chi connectivity index (χ4v) is 9.39. The Hall–Kier alpha value is -2.20. The van der Waals surface area contributed by atoms with Crippen molar-refractivity contribution in [2.75, 3.05) is 13.1 Å². The van der Waals surface area contributed by atoms with Gasteiger partial charge in [0.25, 0.3) is 0 Å². The lowest BCUT2D eigenvalue weighted by Crippen LogP contribution is -2.36. The molecule has 0 radical (unpaired) electrons. The highest BCUT2D eigenvalue weighted by atomic mass is 35.5. The average molecular weight is 618 g/mol. The zero-order valence-electron chi connectivity index (χ0n) is 20.1. The summed E-state index contributed by atoms with van der Waals surface area (Å²) in [5.74, 6) is -0.0377. The van der Waals surface area contributed by atoms with E-state index in [0.29, 0.717) is 26.2 Å². The van der Waals surface area contributed by atoms with Crippen LogP contribution in [0.15, 0.2) is 59.1 Å². The van der Waals surface area contributed by atoms with Gasteiger partial charge in [-0.25, -0.2) is 0 Å². The topological polar surface area (TPSA) is 40.6 Å². The number of thiophene rings is 4. The molecule has 4 aromatic heterocycles. The molecule has 0 N–H and O–H groups in total. The summed E-state index contributed by atoms with van der Waals surface area (Å²) in [6.07, 6.45) is 4.92. The average Bonchev–Trinajstić information content (AvgIpc) is 3.72. The van der Waals surface area contributed by atoms with Gasteiger partial charge in [0, 0.05) is 45.6 Å². The van der Waals surface area contributed by atoms with E-state index in [1.165, 1.54) is 44.8 Å². The number of halogens is 2. The zero-order valence-corrected chi connectivity index (χ0v) is 24.8. The van der Waals surface area contributed by atoms with Crippen molar-refractivity contribution in [2.45, 2.75) is 24.9 Å². The summed E-state index contributed by atoms with van der Waals surface area (Å²) in [5, 5.41) is 6.07. The predicted molar refractivity (Wildman–Crippen MR) is 161 cm³/mol. The minimum atomic E-state index is -0.0917. The smallest absolute Gasteiger partial charge is 0.246 e. The van der Waals surface area contributed by atoms with Crippen LogP contribution >= 0.6 is 68.5 Å². The summed E-state index contributed by atoms with van der Waals surface area (Å²) in [6, 6.07) is 8.39. The minimum absolute atomic E-state index is 0.00837. The quantitative estimate of drug-likeness (QED) is 0.213. The van der Waals surface area contributed by atoms with E-state index in [0.717, 1.165) is 29.6 Å². The summed E-state index contributed by atoms with van der Waals surface area (Å²) in [7, 11) is 0. The Morgan fingerprint density at radius 1 is 0.816 bits per heavy atom. The van der Waals surface area contributed by atoms with Crippen molar-refractivity contribution in [3.63, 3.8) is 0 Å². The highest BCUT2D eigenvalue weighted by Gasteiger charge is 2.33. The highest BCUT2D eigenvalue weighted by molar-refractivity contribution is 7.15. The lowest BCUT2D eigenvalue weighted by Gasteiger charge is -2.32. The molecule has 0 fully saturated rings. The van der Waals surface area contributed by atoms with Crippen molar-refractivity contribution < 1.29 is 9.59 Å². The molecule has 2 atom stereocenters. The number of hydrogen-bond donors (Lipinski definition) is 0. The number of fused-ring (bicyclic) bond motifs is 2. The molecule has 0 unspecified atom stereocenters. The maximum atomic E-state index is 13.4. The second kappa shape index (κ2) is 10.8. The van der Waals surface area contributed by atoms with Crippen LogP contribution in [0.5, 0.6) is 0 Å². The predicted octanol–water partition coefficient (Wildman–Crippen LogP) is 8.09. The molecule has 10 heteroatoms. The van der Waals surface area contributed by atoms with Crippen molar-refractivity contribution in [1.82, 2.24) is 9.80 Å². The molecule has 0 aliphatic carbocycles. The van der Waals surface area contributed by atoms with E-state index in [9.17, 15) is 9.59 Å². The first-order chi connectivity index (χ1) is 18.4. The molecule has 194 valence electrons. The fraction of sp³-hybridized carbons (Fsp3) is 0.214. The van der Waals surface area contributed by atoms with Crippen LogP contribution in [-0.4, -0.2) is 34.7 Å². The first-order valence-corrected chi connectivity index (χ1v) is 16.2. The third-order valence-corrected chi connectivity index (χ3v) is 11.5. The third-order valence-electron chi connectivity index (χ3n) is 7.10. The van der Waals surface area contributed by atoms with Crippen LogP contribution in [0.2, 0.25) is 8.67 Å². The van der Waals surface area contributed by atoms with E-state index < -0.39 is 0 Å². The molecular weight excluding hydrogens is 595 g/mol. The molecule has 2 amide bonds. The summed E-state index contributed by atoms with van der Waals surface area (Å²) in [5.41, 5.74) is 4.55. The van der Waals surface area contributed by atoms with Gasteiger partial charge >= 0.3 is 0 Å². The van der Waals surface area contributed by atoms with Crippen molar-refractivity contribution in [2.24, 2.45) is 0 Å². The van der Waals surface area contributed by atoms with E-state index in [-0.39, 0.29) is 23.7 Å². The normalized spacial score (nSPS) is 19.0. The molecule has 38 heavy (non-hydrogen) atoms. The Labute approximate surface area is 247 Å². The second-order valence-electron chi connectivity index (χ2n) is 9.21. The van der Waals surface area contributed by atoms with Gasteiger partial charge < -0.3 is 9.80 Å². The van der Waals surface area contributed by atoms with Crippen molar-refractivity contribution in [1.29, 1.82) is 0 Å². The summed E-state index contributed by atoms with van der Waals surface area (Å²) < 4.78 is 1.52. The van der Waals surface area contributed by atoms with Crippen LogP contribution in [0.1, 0.15) is 48.7 Å². The third kappa shape index (κ3) is 4.83. The SMILES string of the molecule is C=CC(=O)N1Cc2sc(/C=C/C(=O)N3Cc4sccc4[C@@H](c4ccsc4Cl)C3)cc2[C@H](c2ccsc2Cl)C1.